The van der Waals surface area contributed by atoms with E-state index < -0.39 is 172 Å². The van der Waals surface area contributed by atoms with E-state index in [2.05, 4.69) is 21.3 Å². The summed E-state index contributed by atoms with van der Waals surface area (Å²) in [5.41, 5.74) is -2.35. The van der Waals surface area contributed by atoms with Crippen molar-refractivity contribution in [3.8, 4) is 0 Å². The van der Waals surface area contributed by atoms with Gasteiger partial charge in [0.2, 0.25) is 70.9 Å². The number of nitrogens with zero attached hydrogens (tertiary/aromatic N) is 8. The Morgan fingerprint density at radius 3 is 1.83 bits per heavy atom. The molecule has 3 aliphatic carbocycles. The standard InChI is InChI=1S/C70H104ClF3N12O13/c1-11-42(4)56-61(91)75-43(5)62(92)86-32-28-51(86)64(94)82(9)57(45-19-12-13-20-45)66(96)79(6)40-54(87)76-49(27-25-44-24-26-47(48(71)38-44)70(72,73)74)63(93)85-31-18-23-50(85)60(90)78-69(29-16-17-30-69)68(98)83(10)58(46-21-14-15-22-46)67(97)81(8)53(65(95)84-33-35-99-36-34-84)39-55(88)80(7)52(37-41(2)3)59(89)77-56/h24,26,38,41-43,45-46,49-53,56-58H,11-23,25,27-37,39-40H2,1-10H3,(H,75,91)(H,76,87)(H,77,89)(H,78,90)/t42-,43-,49-,50-,51-,52-,53-,56-,57-,58-/m0/s1. The van der Waals surface area contributed by atoms with Crippen molar-refractivity contribution in [2.24, 2.45) is 23.7 Å². The quantitative estimate of drug-likeness (QED) is 0.255. The van der Waals surface area contributed by atoms with Gasteiger partial charge in [-0.15, -0.1) is 0 Å². The molecule has 550 valence electrons. The first-order valence-corrected chi connectivity index (χ1v) is 36.0. The molecule has 10 atom stereocenters. The van der Waals surface area contributed by atoms with E-state index in [1.165, 1.54) is 82.5 Å². The van der Waals surface area contributed by atoms with Gasteiger partial charge in [0.25, 0.3) is 0 Å². The minimum absolute atomic E-state index is 0.0349. The topological polar surface area (TPSA) is 288 Å². The number of benzene rings is 1. The molecule has 99 heavy (non-hydrogen) atoms. The molecule has 8 rings (SSSR count). The number of fused-ring (bicyclic) bond motifs is 2. The van der Waals surface area contributed by atoms with Crippen LogP contribution in [0.2, 0.25) is 5.02 Å². The third kappa shape index (κ3) is 18.0. The maximum atomic E-state index is 15.7. The fourth-order valence-electron chi connectivity index (χ4n) is 15.8. The van der Waals surface area contributed by atoms with Gasteiger partial charge in [-0.3, -0.25) is 57.5 Å². The number of ether oxygens (including phenoxy) is 1. The fourth-order valence-corrected chi connectivity index (χ4v) is 16.1. The van der Waals surface area contributed by atoms with Crippen molar-refractivity contribution in [2.75, 3.05) is 81.2 Å². The van der Waals surface area contributed by atoms with Crippen LogP contribution in [0.3, 0.4) is 0 Å². The molecule has 25 nitrogen and oxygen atoms in total. The first-order valence-electron chi connectivity index (χ1n) is 35.7. The van der Waals surface area contributed by atoms with E-state index in [0.717, 1.165) is 42.7 Å². The van der Waals surface area contributed by atoms with Crippen LogP contribution in [0.15, 0.2) is 18.2 Å². The molecular formula is C70H104ClF3N12O13. The second-order valence-electron chi connectivity index (χ2n) is 29.2. The largest absolute Gasteiger partial charge is 0.417 e. The van der Waals surface area contributed by atoms with Gasteiger partial charge in [0.05, 0.1) is 36.8 Å². The smallest absolute Gasteiger partial charge is 0.378 e. The molecule has 0 radical (unpaired) electrons. The minimum atomic E-state index is -4.76. The van der Waals surface area contributed by atoms with Crippen molar-refractivity contribution in [1.29, 1.82) is 0 Å². The molecule has 1 aromatic carbocycles. The summed E-state index contributed by atoms with van der Waals surface area (Å²) in [4.78, 5) is 190. The summed E-state index contributed by atoms with van der Waals surface area (Å²) < 4.78 is 47.2. The Morgan fingerprint density at radius 1 is 0.657 bits per heavy atom. The molecule has 1 aromatic rings. The van der Waals surface area contributed by atoms with Crippen LogP contribution < -0.4 is 21.3 Å². The molecule has 7 fully saturated rings. The van der Waals surface area contributed by atoms with Gasteiger partial charge in [-0.2, -0.15) is 13.2 Å². The predicted molar refractivity (Wildman–Crippen MR) is 359 cm³/mol. The Bertz CT molecular complexity index is 3150. The van der Waals surface area contributed by atoms with Gasteiger partial charge in [0.1, 0.15) is 59.9 Å². The molecule has 0 bridgehead atoms. The summed E-state index contributed by atoms with van der Waals surface area (Å²) in [6.45, 7) is 9.01. The van der Waals surface area contributed by atoms with Gasteiger partial charge in [0, 0.05) is 61.4 Å². The number of amides is 12. The van der Waals surface area contributed by atoms with Crippen LogP contribution in [0.1, 0.15) is 168 Å². The summed E-state index contributed by atoms with van der Waals surface area (Å²) in [7, 11) is 7.20. The molecule has 0 aromatic heterocycles. The molecule has 0 unspecified atom stereocenters. The Morgan fingerprint density at radius 2 is 1.26 bits per heavy atom. The molecule has 4 N–H and O–H groups in total. The summed E-state index contributed by atoms with van der Waals surface area (Å²) >= 11 is 6.15. The third-order valence-corrected chi connectivity index (χ3v) is 22.3. The zero-order valence-corrected chi connectivity index (χ0v) is 60.0. The van der Waals surface area contributed by atoms with Gasteiger partial charge < -0.3 is 65.2 Å². The minimum Gasteiger partial charge on any atom is -0.378 e. The van der Waals surface area contributed by atoms with E-state index in [9.17, 15) is 46.7 Å². The summed E-state index contributed by atoms with van der Waals surface area (Å²) in [5.74, 6) is -9.22. The van der Waals surface area contributed by atoms with Gasteiger partial charge in [-0.1, -0.05) is 90.3 Å². The predicted octanol–water partition coefficient (Wildman–Crippen LogP) is 4.29. The van der Waals surface area contributed by atoms with Crippen LogP contribution in [0.5, 0.6) is 0 Å². The number of carbonyl (C=O) groups is 12. The third-order valence-electron chi connectivity index (χ3n) is 22.0. The molecule has 29 heteroatoms. The number of likely N-dealkylation sites (N-methyl/N-ethyl adjacent to an activating group) is 5. The molecule has 1 spiro atoms. The van der Waals surface area contributed by atoms with Crippen molar-refractivity contribution in [2.45, 2.75) is 229 Å². The molecule has 7 aliphatic rings. The number of hydrogen-bond acceptors (Lipinski definition) is 13. The van der Waals surface area contributed by atoms with Gasteiger partial charge in [-0.05, 0) is 125 Å². The molecule has 3 saturated carbocycles. The Labute approximate surface area is 584 Å². The number of halogens is 4. The molecule has 12 amide bonds. The lowest BCUT2D eigenvalue weighted by atomic mass is 9.90. The van der Waals surface area contributed by atoms with E-state index >= 15 is 24.0 Å². The first kappa shape index (κ1) is 77.6. The Hall–Kier alpha value is -7.10. The van der Waals surface area contributed by atoms with Gasteiger partial charge in [0.15, 0.2) is 0 Å². The first-order chi connectivity index (χ1) is 46.8. The summed E-state index contributed by atoms with van der Waals surface area (Å²) in [5, 5.41) is 10.9. The monoisotopic (exact) mass is 1410 g/mol. The fraction of sp³-hybridized carbons (Fsp3) is 0.743. The average molecular weight is 1410 g/mol. The van der Waals surface area contributed by atoms with Gasteiger partial charge >= 0.3 is 6.18 Å². The molecule has 4 heterocycles. The highest BCUT2D eigenvalue weighted by molar-refractivity contribution is 6.31. The van der Waals surface area contributed by atoms with Crippen molar-refractivity contribution >= 4 is 82.5 Å². The second-order valence-corrected chi connectivity index (χ2v) is 29.6. The lowest BCUT2D eigenvalue weighted by Gasteiger charge is -2.45. The highest BCUT2D eigenvalue weighted by Crippen LogP contribution is 2.39. The maximum absolute atomic E-state index is 15.7. The number of alkyl halides is 3. The highest BCUT2D eigenvalue weighted by Gasteiger charge is 2.52. The number of carbonyl (C=O) groups excluding carboxylic acids is 12. The van der Waals surface area contributed by atoms with Gasteiger partial charge in [-0.25, -0.2) is 0 Å². The normalized spacial score (nSPS) is 28.7. The average Bonchev–Trinajstić information content (AvgIpc) is 1.76. The van der Waals surface area contributed by atoms with Crippen molar-refractivity contribution < 1.29 is 75.4 Å². The van der Waals surface area contributed by atoms with Crippen molar-refractivity contribution in [1.82, 2.24) is 60.5 Å². The number of morpholine rings is 1. The zero-order chi connectivity index (χ0) is 72.5. The van der Waals surface area contributed by atoms with Crippen molar-refractivity contribution in [3.05, 3.63) is 34.3 Å². The van der Waals surface area contributed by atoms with Crippen LogP contribution in [0.4, 0.5) is 13.2 Å². The number of aryl methyl sites for hydroxylation is 1. The van der Waals surface area contributed by atoms with E-state index in [0.29, 0.717) is 56.9 Å². The number of hydrogen-bond donors (Lipinski definition) is 4. The Kier molecular flexibility index (Phi) is 26.3. The van der Waals surface area contributed by atoms with E-state index in [-0.39, 0.29) is 96.2 Å². The van der Waals surface area contributed by atoms with E-state index in [1.54, 1.807) is 6.92 Å². The van der Waals surface area contributed by atoms with Crippen LogP contribution in [-0.2, 0) is 74.9 Å². The number of nitrogens with one attached hydrogen (secondary N) is 4. The lowest BCUT2D eigenvalue weighted by molar-refractivity contribution is -0.158. The highest BCUT2D eigenvalue weighted by atomic mass is 35.5. The summed E-state index contributed by atoms with van der Waals surface area (Å²) in [6.07, 6.45) is 2.12. The Balaban J connectivity index is 1.17. The van der Waals surface area contributed by atoms with E-state index in [4.69, 9.17) is 16.3 Å². The number of rotatable bonds is 10. The van der Waals surface area contributed by atoms with Crippen LogP contribution >= 0.6 is 11.6 Å². The van der Waals surface area contributed by atoms with Crippen LogP contribution in [0, 0.1) is 23.7 Å². The zero-order valence-electron chi connectivity index (χ0n) is 59.2. The summed E-state index contributed by atoms with van der Waals surface area (Å²) in [6, 6.07) is -7.87. The van der Waals surface area contributed by atoms with Crippen molar-refractivity contribution in [3.63, 3.8) is 0 Å². The second kappa shape index (κ2) is 33.6. The SMILES string of the molecule is CC[C@H](C)[C@@H]1NC(=O)[C@H](CC(C)C)N(C)C(=O)C[C@@H](C(=O)N2CCOCC2)N(C)C(=O)[C@H](C2CCCC2)N(C)C(=O)C2(CCCC2)NC(=O)[C@@H]2CCCN2C(=O)[C@H](CCc2ccc(C(F)(F)F)c(Cl)c2)NC(=O)CN(C)C(=O)[C@H](C2CCCC2)N(C)C(=O)[C@@H]2CCN2C(=O)[C@H](C)NC1=O. The van der Waals surface area contributed by atoms with Crippen LogP contribution in [-0.4, -0.2) is 251 Å². The molecule has 4 saturated heterocycles. The lowest BCUT2D eigenvalue weighted by Crippen LogP contribution is -2.65. The van der Waals surface area contributed by atoms with Crippen LogP contribution in [0.25, 0.3) is 0 Å². The molecule has 4 aliphatic heterocycles. The maximum Gasteiger partial charge on any atom is 0.417 e. The van der Waals surface area contributed by atoms with E-state index in [1.807, 2.05) is 20.8 Å². The molecular weight excluding hydrogens is 1310 g/mol.